The Morgan fingerprint density at radius 2 is 1.80 bits per heavy atom. The highest BCUT2D eigenvalue weighted by molar-refractivity contribution is 5.92. The van der Waals surface area contributed by atoms with Gasteiger partial charge in [-0.2, -0.15) is 0 Å². The fraction of sp³-hybridized carbons (Fsp3) is 0.308. The molecule has 0 radical (unpaired) electrons. The van der Waals surface area contributed by atoms with Crippen LogP contribution in [0.25, 0.3) is 0 Å². The van der Waals surface area contributed by atoms with Crippen molar-refractivity contribution in [2.24, 2.45) is 0 Å². The third-order valence-corrected chi connectivity index (χ3v) is 2.16. The minimum Gasteiger partial charge on any atom is -0.484 e. The van der Waals surface area contributed by atoms with Gasteiger partial charge in [-0.15, -0.1) is 0 Å². The third-order valence-electron chi connectivity index (χ3n) is 2.16. The van der Waals surface area contributed by atoms with E-state index in [1.54, 1.807) is 6.92 Å². The smallest absolute Gasteiger partial charge is 0.413 e. The van der Waals surface area contributed by atoms with E-state index in [9.17, 15) is 14.4 Å². The summed E-state index contributed by atoms with van der Waals surface area (Å²) in [5.41, 5.74) is 0.387. The number of carbonyl (C=O) groups is 3. The molecule has 0 saturated carbocycles. The maximum atomic E-state index is 11.4. The van der Waals surface area contributed by atoms with Crippen LogP contribution in [0, 0.1) is 0 Å². The van der Waals surface area contributed by atoms with E-state index < -0.39 is 18.0 Å². The average Bonchev–Trinajstić information content (AvgIpc) is 2.45. The normalized spacial score (nSPS) is 9.50. The second-order valence-corrected chi connectivity index (χ2v) is 3.57. The van der Waals surface area contributed by atoms with Gasteiger partial charge in [0.25, 0.3) is 5.91 Å². The number of amides is 2. The minimum absolute atomic E-state index is 0.296. The number of ether oxygens (including phenoxy) is 3. The lowest BCUT2D eigenvalue weighted by Gasteiger charge is -2.07. The van der Waals surface area contributed by atoms with Crippen molar-refractivity contribution in [2.45, 2.75) is 6.92 Å². The maximum Gasteiger partial charge on any atom is 0.413 e. The fourth-order valence-electron chi connectivity index (χ4n) is 1.25. The molecule has 1 aromatic rings. The van der Waals surface area contributed by atoms with E-state index >= 15 is 0 Å². The molecule has 1 N–H and O–H groups in total. The summed E-state index contributed by atoms with van der Waals surface area (Å²) in [6, 6.07) is 6.09. The first-order valence-electron chi connectivity index (χ1n) is 5.84. The van der Waals surface area contributed by atoms with E-state index in [0.717, 1.165) is 7.11 Å². The lowest BCUT2D eigenvalue weighted by atomic mass is 10.2. The van der Waals surface area contributed by atoms with E-state index in [-0.39, 0.29) is 6.61 Å². The molecular formula is C13H15NO6. The van der Waals surface area contributed by atoms with Gasteiger partial charge in [-0.3, -0.25) is 10.1 Å². The summed E-state index contributed by atoms with van der Waals surface area (Å²) in [6.07, 6.45) is -0.851. The summed E-state index contributed by atoms with van der Waals surface area (Å²) in [7, 11) is 1.15. The Morgan fingerprint density at radius 1 is 1.15 bits per heavy atom. The molecule has 7 heteroatoms. The van der Waals surface area contributed by atoms with E-state index in [4.69, 9.17) is 9.47 Å². The SMILES string of the molecule is CCOC(=O)c1ccc(OCC(=O)NC(=O)OC)cc1. The summed E-state index contributed by atoms with van der Waals surface area (Å²) in [6.45, 7) is 1.67. The van der Waals surface area contributed by atoms with Crippen molar-refractivity contribution in [1.29, 1.82) is 0 Å². The number of esters is 1. The van der Waals surface area contributed by atoms with E-state index in [1.165, 1.54) is 24.3 Å². The summed E-state index contributed by atoms with van der Waals surface area (Å²) >= 11 is 0. The van der Waals surface area contributed by atoms with Gasteiger partial charge in [0.1, 0.15) is 5.75 Å². The van der Waals surface area contributed by atoms with Gasteiger partial charge >= 0.3 is 12.1 Å². The summed E-state index contributed by atoms with van der Waals surface area (Å²) in [5.74, 6) is -0.674. The van der Waals surface area contributed by atoms with Crippen LogP contribution in [-0.2, 0) is 14.3 Å². The van der Waals surface area contributed by atoms with E-state index in [2.05, 4.69) is 4.74 Å². The minimum atomic E-state index is -0.851. The number of carbonyl (C=O) groups excluding carboxylic acids is 3. The van der Waals surface area contributed by atoms with Crippen LogP contribution >= 0.6 is 0 Å². The molecule has 0 spiro atoms. The van der Waals surface area contributed by atoms with Crippen molar-refractivity contribution in [3.8, 4) is 5.75 Å². The average molecular weight is 281 g/mol. The first-order valence-corrected chi connectivity index (χ1v) is 5.84. The third kappa shape index (κ3) is 4.97. The van der Waals surface area contributed by atoms with Crippen molar-refractivity contribution in [2.75, 3.05) is 20.3 Å². The number of rotatable bonds is 5. The van der Waals surface area contributed by atoms with Crippen molar-refractivity contribution in [3.05, 3.63) is 29.8 Å². The number of hydrogen-bond acceptors (Lipinski definition) is 6. The van der Waals surface area contributed by atoms with Gasteiger partial charge in [0.05, 0.1) is 19.3 Å². The molecule has 0 aromatic heterocycles. The van der Waals surface area contributed by atoms with Gasteiger partial charge in [0, 0.05) is 0 Å². The first-order chi connectivity index (χ1) is 9.56. The standard InChI is InChI=1S/C13H15NO6/c1-3-19-12(16)9-4-6-10(7-5-9)20-8-11(15)14-13(17)18-2/h4-7H,3,8H2,1-2H3,(H,14,15,17). The van der Waals surface area contributed by atoms with Crippen LogP contribution < -0.4 is 10.1 Å². The molecule has 1 aromatic carbocycles. The summed E-state index contributed by atoms with van der Waals surface area (Å²) in [5, 5.41) is 1.95. The Bertz CT molecular complexity index is 482. The molecule has 0 heterocycles. The summed E-state index contributed by atoms with van der Waals surface area (Å²) < 4.78 is 14.2. The molecule has 7 nitrogen and oxygen atoms in total. The molecular weight excluding hydrogens is 266 g/mol. The molecule has 0 aliphatic rings. The molecule has 0 aliphatic carbocycles. The monoisotopic (exact) mass is 281 g/mol. The lowest BCUT2D eigenvalue weighted by Crippen LogP contribution is -2.34. The Morgan fingerprint density at radius 3 is 2.35 bits per heavy atom. The molecule has 0 unspecified atom stereocenters. The predicted molar refractivity (Wildman–Crippen MR) is 68.4 cm³/mol. The highest BCUT2D eigenvalue weighted by atomic mass is 16.5. The molecule has 20 heavy (non-hydrogen) atoms. The van der Waals surface area contributed by atoms with Gasteiger partial charge in [0.15, 0.2) is 6.61 Å². The summed E-state index contributed by atoms with van der Waals surface area (Å²) in [4.78, 5) is 33.4. The number of methoxy groups -OCH3 is 1. The van der Waals surface area contributed by atoms with E-state index in [0.29, 0.717) is 17.9 Å². The predicted octanol–water partition coefficient (Wildman–Crippen LogP) is 1.12. The number of imide groups is 1. The highest BCUT2D eigenvalue weighted by Crippen LogP contribution is 2.12. The zero-order chi connectivity index (χ0) is 15.0. The fourth-order valence-corrected chi connectivity index (χ4v) is 1.25. The number of benzene rings is 1. The number of nitrogens with one attached hydrogen (secondary N) is 1. The Kier molecular flexibility index (Phi) is 6.02. The van der Waals surface area contributed by atoms with Crippen LogP contribution in [0.1, 0.15) is 17.3 Å². The van der Waals surface area contributed by atoms with Crippen molar-refractivity contribution in [1.82, 2.24) is 5.32 Å². The Balaban J connectivity index is 2.47. The quantitative estimate of drug-likeness (QED) is 0.813. The molecule has 0 aliphatic heterocycles. The second kappa shape index (κ2) is 7.78. The molecule has 1 rings (SSSR count). The van der Waals surface area contributed by atoms with Gasteiger partial charge in [0.2, 0.25) is 0 Å². The van der Waals surface area contributed by atoms with Crippen LogP contribution in [0.3, 0.4) is 0 Å². The van der Waals surface area contributed by atoms with E-state index in [1.807, 2.05) is 5.32 Å². The van der Waals surface area contributed by atoms with Gasteiger partial charge in [-0.1, -0.05) is 0 Å². The van der Waals surface area contributed by atoms with Crippen LogP contribution in [0.4, 0.5) is 4.79 Å². The maximum absolute atomic E-state index is 11.4. The molecule has 108 valence electrons. The number of alkyl carbamates (subject to hydrolysis) is 1. The molecule has 0 fully saturated rings. The van der Waals surface area contributed by atoms with Gasteiger partial charge in [-0.05, 0) is 31.2 Å². The first kappa shape index (κ1) is 15.5. The van der Waals surface area contributed by atoms with Crippen molar-refractivity contribution < 1.29 is 28.6 Å². The lowest BCUT2D eigenvalue weighted by molar-refractivity contribution is -0.122. The van der Waals surface area contributed by atoms with Crippen LogP contribution in [0.15, 0.2) is 24.3 Å². The van der Waals surface area contributed by atoms with Gasteiger partial charge in [-0.25, -0.2) is 9.59 Å². The molecule has 0 saturated heterocycles. The zero-order valence-electron chi connectivity index (χ0n) is 11.2. The molecule has 0 atom stereocenters. The number of hydrogen-bond donors (Lipinski definition) is 1. The van der Waals surface area contributed by atoms with Gasteiger partial charge < -0.3 is 14.2 Å². The van der Waals surface area contributed by atoms with Crippen LogP contribution in [-0.4, -0.2) is 38.3 Å². The zero-order valence-corrected chi connectivity index (χ0v) is 11.2. The van der Waals surface area contributed by atoms with Crippen molar-refractivity contribution in [3.63, 3.8) is 0 Å². The van der Waals surface area contributed by atoms with Crippen molar-refractivity contribution >= 4 is 18.0 Å². The second-order valence-electron chi connectivity index (χ2n) is 3.57. The Labute approximate surface area is 115 Å². The van der Waals surface area contributed by atoms with Crippen LogP contribution in [0.5, 0.6) is 5.75 Å². The Hall–Kier alpha value is -2.57. The molecule has 2 amide bonds. The van der Waals surface area contributed by atoms with Crippen LogP contribution in [0.2, 0.25) is 0 Å². The highest BCUT2D eigenvalue weighted by Gasteiger charge is 2.09. The largest absolute Gasteiger partial charge is 0.484 e. The topological polar surface area (TPSA) is 90.9 Å². The molecule has 0 bridgehead atoms.